The average molecular weight is 385 g/mol. The lowest BCUT2D eigenvalue weighted by Crippen LogP contribution is -2.42. The molecule has 0 spiro atoms. The van der Waals surface area contributed by atoms with E-state index in [1.807, 2.05) is 28.5 Å². The summed E-state index contributed by atoms with van der Waals surface area (Å²) < 4.78 is 6.37. The SMILES string of the molecule is O=C(N[C@@H]1C[C@H]2CC[C@@H]1N2)c1ccc2scc(C(=O)N3CCOCC3)c2c1. The summed E-state index contributed by atoms with van der Waals surface area (Å²) in [7, 11) is 0. The normalized spacial score (nSPS) is 27.3. The largest absolute Gasteiger partial charge is 0.378 e. The summed E-state index contributed by atoms with van der Waals surface area (Å²) in [5.41, 5.74) is 1.31. The van der Waals surface area contributed by atoms with E-state index in [4.69, 9.17) is 4.74 Å². The quantitative estimate of drug-likeness (QED) is 0.848. The maximum absolute atomic E-state index is 12.9. The van der Waals surface area contributed by atoms with E-state index >= 15 is 0 Å². The molecule has 5 rings (SSSR count). The zero-order valence-corrected chi connectivity index (χ0v) is 15.9. The van der Waals surface area contributed by atoms with Crippen LogP contribution in [0.3, 0.4) is 0 Å². The first-order valence-electron chi connectivity index (χ1n) is 9.64. The van der Waals surface area contributed by atoms with E-state index in [1.165, 1.54) is 6.42 Å². The highest BCUT2D eigenvalue weighted by molar-refractivity contribution is 7.17. The average Bonchev–Trinajstić information content (AvgIpc) is 3.43. The molecule has 0 saturated carbocycles. The Kier molecular flexibility index (Phi) is 4.38. The van der Waals surface area contributed by atoms with Crippen LogP contribution < -0.4 is 10.6 Å². The van der Waals surface area contributed by atoms with Gasteiger partial charge in [-0.25, -0.2) is 0 Å². The Hall–Kier alpha value is -1.96. The van der Waals surface area contributed by atoms with Gasteiger partial charge in [-0.15, -0.1) is 11.3 Å². The number of hydrogen-bond donors (Lipinski definition) is 2. The van der Waals surface area contributed by atoms with Gasteiger partial charge in [0.2, 0.25) is 0 Å². The van der Waals surface area contributed by atoms with Crippen molar-refractivity contribution in [3.63, 3.8) is 0 Å². The number of morpholine rings is 1. The second-order valence-corrected chi connectivity index (χ2v) is 8.54. The molecule has 7 heteroatoms. The number of amides is 2. The zero-order valence-electron chi connectivity index (χ0n) is 15.1. The highest BCUT2D eigenvalue weighted by atomic mass is 32.1. The Balaban J connectivity index is 1.37. The molecule has 2 bridgehead atoms. The monoisotopic (exact) mass is 385 g/mol. The topological polar surface area (TPSA) is 70.7 Å². The van der Waals surface area contributed by atoms with Crippen LogP contribution in [0.2, 0.25) is 0 Å². The molecule has 3 atom stereocenters. The van der Waals surface area contributed by atoms with Crippen LogP contribution in [0.15, 0.2) is 23.6 Å². The summed E-state index contributed by atoms with van der Waals surface area (Å²) in [6.45, 7) is 2.40. The molecule has 3 saturated heterocycles. The van der Waals surface area contributed by atoms with Gasteiger partial charge in [0.15, 0.2) is 0 Å². The lowest BCUT2D eigenvalue weighted by molar-refractivity contribution is 0.0304. The highest BCUT2D eigenvalue weighted by Gasteiger charge is 2.39. The molecule has 2 amide bonds. The minimum Gasteiger partial charge on any atom is -0.378 e. The molecule has 3 fully saturated rings. The van der Waals surface area contributed by atoms with Crippen LogP contribution in [0, 0.1) is 0 Å². The molecule has 4 heterocycles. The van der Waals surface area contributed by atoms with Gasteiger partial charge in [0.1, 0.15) is 0 Å². The van der Waals surface area contributed by atoms with E-state index in [0.29, 0.717) is 49.5 Å². The number of ether oxygens (including phenoxy) is 1. The molecule has 0 unspecified atom stereocenters. The van der Waals surface area contributed by atoms with E-state index in [9.17, 15) is 9.59 Å². The number of benzene rings is 1. The number of carbonyl (C=O) groups excluding carboxylic acids is 2. The van der Waals surface area contributed by atoms with Gasteiger partial charge in [-0.2, -0.15) is 0 Å². The number of rotatable bonds is 3. The zero-order chi connectivity index (χ0) is 18.4. The molecule has 142 valence electrons. The van der Waals surface area contributed by atoms with Gasteiger partial charge in [0, 0.05) is 52.2 Å². The molecule has 3 aliphatic heterocycles. The summed E-state index contributed by atoms with van der Waals surface area (Å²) in [6, 6.07) is 6.85. The molecular weight excluding hydrogens is 362 g/mol. The maximum atomic E-state index is 12.9. The van der Waals surface area contributed by atoms with Crippen molar-refractivity contribution in [2.75, 3.05) is 26.3 Å². The van der Waals surface area contributed by atoms with Gasteiger partial charge in [0.25, 0.3) is 11.8 Å². The van der Waals surface area contributed by atoms with Crippen molar-refractivity contribution in [2.45, 2.75) is 37.4 Å². The minimum absolute atomic E-state index is 0.0272. The van der Waals surface area contributed by atoms with Crippen LogP contribution >= 0.6 is 11.3 Å². The van der Waals surface area contributed by atoms with Gasteiger partial charge in [0.05, 0.1) is 18.8 Å². The molecule has 3 aliphatic rings. The Morgan fingerprint density at radius 1 is 1.22 bits per heavy atom. The predicted molar refractivity (Wildman–Crippen MR) is 104 cm³/mol. The summed E-state index contributed by atoms with van der Waals surface area (Å²) in [5.74, 6) is -0.0216. The summed E-state index contributed by atoms with van der Waals surface area (Å²) in [4.78, 5) is 27.5. The molecule has 0 aliphatic carbocycles. The van der Waals surface area contributed by atoms with Crippen LogP contribution in [0.1, 0.15) is 40.0 Å². The third-order valence-corrected chi connectivity index (χ3v) is 6.94. The van der Waals surface area contributed by atoms with E-state index in [2.05, 4.69) is 10.6 Å². The number of nitrogens with zero attached hydrogens (tertiary/aromatic N) is 1. The van der Waals surface area contributed by atoms with Crippen molar-refractivity contribution in [3.05, 3.63) is 34.7 Å². The highest BCUT2D eigenvalue weighted by Crippen LogP contribution is 2.30. The van der Waals surface area contributed by atoms with Gasteiger partial charge in [-0.05, 0) is 37.5 Å². The maximum Gasteiger partial charge on any atom is 0.255 e. The fourth-order valence-corrected chi connectivity index (χ4v) is 5.42. The molecule has 27 heavy (non-hydrogen) atoms. The molecule has 0 radical (unpaired) electrons. The second kappa shape index (κ2) is 6.89. The Bertz CT molecular complexity index is 890. The number of hydrogen-bond acceptors (Lipinski definition) is 5. The fourth-order valence-electron chi connectivity index (χ4n) is 4.51. The molecule has 1 aromatic heterocycles. The van der Waals surface area contributed by atoms with Crippen LogP contribution in [0.25, 0.3) is 10.1 Å². The fraction of sp³-hybridized carbons (Fsp3) is 0.500. The van der Waals surface area contributed by atoms with Crippen LogP contribution in [-0.2, 0) is 4.74 Å². The number of carbonyl (C=O) groups is 2. The lowest BCUT2D eigenvalue weighted by Gasteiger charge is -2.26. The molecule has 2 N–H and O–H groups in total. The Morgan fingerprint density at radius 2 is 2.07 bits per heavy atom. The number of nitrogens with one attached hydrogen (secondary N) is 2. The van der Waals surface area contributed by atoms with Crippen molar-refractivity contribution < 1.29 is 14.3 Å². The van der Waals surface area contributed by atoms with Gasteiger partial charge < -0.3 is 20.3 Å². The number of thiophene rings is 1. The van der Waals surface area contributed by atoms with Gasteiger partial charge in [-0.3, -0.25) is 9.59 Å². The van der Waals surface area contributed by atoms with E-state index in [-0.39, 0.29) is 17.9 Å². The third kappa shape index (κ3) is 3.13. The van der Waals surface area contributed by atoms with E-state index in [1.54, 1.807) is 11.3 Å². The number of fused-ring (bicyclic) bond motifs is 3. The van der Waals surface area contributed by atoms with Crippen molar-refractivity contribution in [3.8, 4) is 0 Å². The predicted octanol–water partition coefficient (Wildman–Crippen LogP) is 2.00. The summed E-state index contributed by atoms with van der Waals surface area (Å²) in [6.07, 6.45) is 3.36. The third-order valence-electron chi connectivity index (χ3n) is 5.98. The first-order chi connectivity index (χ1) is 13.2. The van der Waals surface area contributed by atoms with Gasteiger partial charge in [-0.1, -0.05) is 0 Å². The molecular formula is C20H23N3O3S. The van der Waals surface area contributed by atoms with E-state index < -0.39 is 0 Å². The van der Waals surface area contributed by atoms with Crippen molar-refractivity contribution >= 4 is 33.2 Å². The first kappa shape index (κ1) is 17.2. The smallest absolute Gasteiger partial charge is 0.255 e. The summed E-state index contributed by atoms with van der Waals surface area (Å²) in [5, 5.41) is 9.51. The van der Waals surface area contributed by atoms with Crippen LogP contribution in [0.4, 0.5) is 0 Å². The standard InChI is InChI=1S/C20H23N3O3S/c24-19(22-17-10-13-2-3-16(17)21-13)12-1-4-18-14(9-12)15(11-27-18)20(25)23-5-7-26-8-6-23/h1,4,9,11,13,16-17,21H,2-3,5-8,10H2,(H,22,24)/t13-,16+,17-/m1/s1. The summed E-state index contributed by atoms with van der Waals surface area (Å²) >= 11 is 1.55. The molecule has 6 nitrogen and oxygen atoms in total. The van der Waals surface area contributed by atoms with E-state index in [0.717, 1.165) is 22.9 Å². The van der Waals surface area contributed by atoms with Gasteiger partial charge >= 0.3 is 0 Å². The second-order valence-electron chi connectivity index (χ2n) is 7.63. The lowest BCUT2D eigenvalue weighted by atomic mass is 9.95. The first-order valence-corrected chi connectivity index (χ1v) is 10.5. The molecule has 1 aromatic carbocycles. The van der Waals surface area contributed by atoms with Crippen molar-refractivity contribution in [2.24, 2.45) is 0 Å². The Labute approximate surface area is 161 Å². The Morgan fingerprint density at radius 3 is 2.81 bits per heavy atom. The van der Waals surface area contributed by atoms with Crippen LogP contribution in [0.5, 0.6) is 0 Å². The van der Waals surface area contributed by atoms with Crippen molar-refractivity contribution in [1.82, 2.24) is 15.5 Å². The van der Waals surface area contributed by atoms with Crippen LogP contribution in [-0.4, -0.2) is 61.1 Å². The minimum atomic E-state index is -0.0489. The van der Waals surface area contributed by atoms with Crippen molar-refractivity contribution in [1.29, 1.82) is 0 Å². The molecule has 2 aromatic rings.